The molecule has 0 aliphatic heterocycles. The number of fused-ring (bicyclic) bond motifs is 2. The second kappa shape index (κ2) is 8.00. The van der Waals surface area contributed by atoms with Crippen molar-refractivity contribution in [2.24, 2.45) is 0 Å². The van der Waals surface area contributed by atoms with Gasteiger partial charge in [0.1, 0.15) is 0 Å². The first kappa shape index (κ1) is 21.1. The average Bonchev–Trinajstić information content (AvgIpc) is 3.20. The Kier molecular flexibility index (Phi) is 5.13. The zero-order chi connectivity index (χ0) is 23.2. The fraction of sp³-hybridized carbons (Fsp3) is 0.125. The van der Waals surface area contributed by atoms with Crippen molar-refractivity contribution in [3.63, 3.8) is 0 Å². The molecule has 33 heavy (non-hydrogen) atoms. The Labute approximate surface area is 191 Å². The minimum absolute atomic E-state index is 0.336. The highest BCUT2D eigenvalue weighted by molar-refractivity contribution is 7.14. The maximum atomic E-state index is 13.1. The van der Waals surface area contributed by atoms with E-state index in [-0.39, 0.29) is 0 Å². The fourth-order valence-electron chi connectivity index (χ4n) is 3.77. The normalized spacial score (nSPS) is 11.8. The Morgan fingerprint density at radius 1 is 1.00 bits per heavy atom. The minimum atomic E-state index is -4.40. The Bertz CT molecular complexity index is 1490. The highest BCUT2D eigenvalue weighted by Crippen LogP contribution is 2.40. The van der Waals surface area contributed by atoms with E-state index in [1.54, 1.807) is 19.3 Å². The van der Waals surface area contributed by atoms with Crippen LogP contribution in [0, 0.1) is 6.92 Å². The molecule has 0 spiro atoms. The standard InChI is InChI=1S/C24H18F3N5S/c1-13-6-8-18-21(20(13)14-7-9-19-15(10-14)12-29-23(28-2)31-19)33-32-22(18)30-17-5-3-4-16(11-17)24(25,26)27/h3-12H,1-2H3,(H,30,32)(H,28,29,31). The van der Waals surface area contributed by atoms with E-state index in [2.05, 4.69) is 25.0 Å². The first-order valence-electron chi connectivity index (χ1n) is 10.1. The van der Waals surface area contributed by atoms with Gasteiger partial charge < -0.3 is 10.6 Å². The monoisotopic (exact) mass is 465 g/mol. The van der Waals surface area contributed by atoms with Crippen LogP contribution >= 0.6 is 11.5 Å². The molecular weight excluding hydrogens is 447 g/mol. The number of nitrogens with one attached hydrogen (secondary N) is 2. The van der Waals surface area contributed by atoms with Crippen LogP contribution in [-0.4, -0.2) is 21.4 Å². The number of alkyl halides is 3. The summed E-state index contributed by atoms with van der Waals surface area (Å²) in [6.45, 7) is 2.03. The SMILES string of the molecule is CNc1ncc2cc(-c3c(C)ccc4c(Nc5cccc(C(F)(F)F)c5)nsc34)ccc2n1. The van der Waals surface area contributed by atoms with Crippen LogP contribution < -0.4 is 10.6 Å². The van der Waals surface area contributed by atoms with Crippen molar-refractivity contribution < 1.29 is 13.2 Å². The molecule has 0 radical (unpaired) electrons. The van der Waals surface area contributed by atoms with E-state index in [4.69, 9.17) is 0 Å². The van der Waals surface area contributed by atoms with Gasteiger partial charge in [-0.1, -0.05) is 18.2 Å². The molecule has 2 N–H and O–H groups in total. The van der Waals surface area contributed by atoms with Crippen molar-refractivity contribution in [3.05, 3.63) is 71.9 Å². The molecule has 5 rings (SSSR count). The summed E-state index contributed by atoms with van der Waals surface area (Å²) < 4.78 is 44.7. The molecule has 2 heterocycles. The third-order valence-electron chi connectivity index (χ3n) is 5.39. The van der Waals surface area contributed by atoms with E-state index < -0.39 is 11.7 Å². The molecule has 0 amide bonds. The lowest BCUT2D eigenvalue weighted by atomic mass is 9.98. The summed E-state index contributed by atoms with van der Waals surface area (Å²) in [6.07, 6.45) is -2.62. The van der Waals surface area contributed by atoms with Crippen LogP contribution in [0.25, 0.3) is 32.1 Å². The molecular formula is C24H18F3N5S. The minimum Gasteiger partial charge on any atom is -0.357 e. The summed E-state index contributed by atoms with van der Waals surface area (Å²) >= 11 is 1.31. The van der Waals surface area contributed by atoms with Gasteiger partial charge in [-0.2, -0.15) is 17.5 Å². The molecule has 2 aromatic heterocycles. The van der Waals surface area contributed by atoms with Gasteiger partial charge in [0.15, 0.2) is 5.82 Å². The predicted molar refractivity (Wildman–Crippen MR) is 127 cm³/mol. The van der Waals surface area contributed by atoms with Crippen molar-refractivity contribution in [1.29, 1.82) is 0 Å². The van der Waals surface area contributed by atoms with Gasteiger partial charge in [0.05, 0.1) is 15.8 Å². The molecule has 5 aromatic rings. The third-order valence-corrected chi connectivity index (χ3v) is 6.27. The van der Waals surface area contributed by atoms with Gasteiger partial charge >= 0.3 is 6.18 Å². The number of halogens is 3. The molecule has 0 saturated carbocycles. The third kappa shape index (κ3) is 3.95. The van der Waals surface area contributed by atoms with E-state index in [0.717, 1.165) is 49.8 Å². The summed E-state index contributed by atoms with van der Waals surface area (Å²) in [5.41, 5.74) is 3.57. The van der Waals surface area contributed by atoms with Gasteiger partial charge in [0.25, 0.3) is 0 Å². The highest BCUT2D eigenvalue weighted by Gasteiger charge is 2.30. The van der Waals surface area contributed by atoms with E-state index in [1.807, 2.05) is 37.3 Å². The lowest BCUT2D eigenvalue weighted by Crippen LogP contribution is -2.05. The second-order valence-corrected chi connectivity index (χ2v) is 8.36. The molecule has 0 bridgehead atoms. The van der Waals surface area contributed by atoms with Crippen LogP contribution in [-0.2, 0) is 6.18 Å². The van der Waals surface area contributed by atoms with Crippen LogP contribution in [0.3, 0.4) is 0 Å². The molecule has 0 aliphatic rings. The number of rotatable bonds is 4. The molecule has 0 atom stereocenters. The molecule has 0 fully saturated rings. The maximum Gasteiger partial charge on any atom is 0.416 e. The lowest BCUT2D eigenvalue weighted by Gasteiger charge is -2.11. The molecule has 0 saturated heterocycles. The van der Waals surface area contributed by atoms with Crippen LogP contribution in [0.4, 0.5) is 30.6 Å². The van der Waals surface area contributed by atoms with Gasteiger partial charge in [-0.3, -0.25) is 0 Å². The molecule has 0 unspecified atom stereocenters. The van der Waals surface area contributed by atoms with E-state index in [1.165, 1.54) is 17.6 Å². The Morgan fingerprint density at radius 2 is 1.85 bits per heavy atom. The summed E-state index contributed by atoms with van der Waals surface area (Å²) in [5, 5.41) is 7.75. The Morgan fingerprint density at radius 3 is 2.64 bits per heavy atom. The van der Waals surface area contributed by atoms with Gasteiger partial charge in [0, 0.05) is 35.3 Å². The number of aromatic nitrogens is 3. The summed E-state index contributed by atoms with van der Waals surface area (Å²) in [7, 11) is 1.77. The number of benzene rings is 3. The largest absolute Gasteiger partial charge is 0.416 e. The van der Waals surface area contributed by atoms with Crippen molar-refractivity contribution in [1.82, 2.24) is 14.3 Å². The highest BCUT2D eigenvalue weighted by atomic mass is 32.1. The van der Waals surface area contributed by atoms with Crippen molar-refractivity contribution in [2.75, 3.05) is 17.7 Å². The quantitative estimate of drug-likeness (QED) is 0.299. The first-order chi connectivity index (χ1) is 15.8. The molecule has 3 aromatic carbocycles. The van der Waals surface area contributed by atoms with Crippen molar-refractivity contribution in [2.45, 2.75) is 13.1 Å². The Balaban J connectivity index is 1.57. The van der Waals surface area contributed by atoms with E-state index in [0.29, 0.717) is 17.5 Å². The molecule has 9 heteroatoms. The van der Waals surface area contributed by atoms with Gasteiger partial charge in [0.2, 0.25) is 5.95 Å². The van der Waals surface area contributed by atoms with Crippen LogP contribution in [0.15, 0.2) is 60.8 Å². The summed E-state index contributed by atoms with van der Waals surface area (Å²) in [4.78, 5) is 8.76. The lowest BCUT2D eigenvalue weighted by molar-refractivity contribution is -0.137. The van der Waals surface area contributed by atoms with Crippen LogP contribution in [0.1, 0.15) is 11.1 Å². The summed E-state index contributed by atoms with van der Waals surface area (Å²) in [6, 6.07) is 15.0. The Hall–Kier alpha value is -3.72. The fourth-order valence-corrected chi connectivity index (χ4v) is 4.73. The van der Waals surface area contributed by atoms with E-state index in [9.17, 15) is 13.2 Å². The molecule has 166 valence electrons. The maximum absolute atomic E-state index is 13.1. The molecule has 5 nitrogen and oxygen atoms in total. The zero-order valence-electron chi connectivity index (χ0n) is 17.7. The van der Waals surface area contributed by atoms with Crippen LogP contribution in [0.5, 0.6) is 0 Å². The zero-order valence-corrected chi connectivity index (χ0v) is 18.5. The smallest absolute Gasteiger partial charge is 0.357 e. The van der Waals surface area contributed by atoms with Crippen molar-refractivity contribution in [3.8, 4) is 11.1 Å². The van der Waals surface area contributed by atoms with Gasteiger partial charge in [-0.15, -0.1) is 0 Å². The van der Waals surface area contributed by atoms with Crippen molar-refractivity contribution >= 4 is 50.0 Å². The van der Waals surface area contributed by atoms with Crippen LogP contribution in [0.2, 0.25) is 0 Å². The molecule has 0 aliphatic carbocycles. The number of hydrogen-bond donors (Lipinski definition) is 2. The average molecular weight is 466 g/mol. The van der Waals surface area contributed by atoms with Gasteiger partial charge in [-0.05, 0) is 66.0 Å². The predicted octanol–water partition coefficient (Wildman–Crippen LogP) is 7.02. The van der Waals surface area contributed by atoms with Gasteiger partial charge in [-0.25, -0.2) is 9.97 Å². The second-order valence-electron chi connectivity index (χ2n) is 7.59. The topological polar surface area (TPSA) is 62.7 Å². The summed E-state index contributed by atoms with van der Waals surface area (Å²) in [5.74, 6) is 1.08. The number of anilines is 3. The first-order valence-corrected chi connectivity index (χ1v) is 10.9. The van der Waals surface area contributed by atoms with E-state index >= 15 is 0 Å². The number of nitrogens with zero attached hydrogens (tertiary/aromatic N) is 3. The number of hydrogen-bond acceptors (Lipinski definition) is 6. The number of aryl methyl sites for hydroxylation is 1.